The number of rotatable bonds is 4. The van der Waals surface area contributed by atoms with Gasteiger partial charge in [-0.3, -0.25) is 5.43 Å². The molecule has 15 heavy (non-hydrogen) atoms. The summed E-state index contributed by atoms with van der Waals surface area (Å²) in [5, 5.41) is 9.65. The molecule has 6 heteroatoms. The van der Waals surface area contributed by atoms with Crippen LogP contribution in [-0.4, -0.2) is 34.3 Å². The Morgan fingerprint density at radius 2 is 2.27 bits per heavy atom. The Morgan fingerprint density at radius 1 is 1.60 bits per heavy atom. The fraction of sp³-hybridized carbons (Fsp3) is 0.556. The van der Waals surface area contributed by atoms with Crippen molar-refractivity contribution in [3.63, 3.8) is 0 Å². The minimum Gasteiger partial charge on any atom is -0.389 e. The maximum Gasteiger partial charge on any atom is 0.239 e. The van der Waals surface area contributed by atoms with Gasteiger partial charge in [0.15, 0.2) is 0 Å². The van der Waals surface area contributed by atoms with Crippen LogP contribution in [0.5, 0.6) is 0 Å². The number of hydrogen-bond acceptors (Lipinski definition) is 6. The monoisotopic (exact) mass is 211 g/mol. The van der Waals surface area contributed by atoms with Crippen molar-refractivity contribution in [1.29, 1.82) is 0 Å². The fourth-order valence-corrected chi connectivity index (χ4v) is 1.29. The summed E-state index contributed by atoms with van der Waals surface area (Å²) in [5.74, 6) is 6.27. The van der Waals surface area contributed by atoms with E-state index in [4.69, 9.17) is 5.84 Å². The van der Waals surface area contributed by atoms with Crippen molar-refractivity contribution in [2.24, 2.45) is 5.84 Å². The average Bonchev–Trinajstić information content (AvgIpc) is 2.15. The predicted octanol–water partition coefficient (Wildman–Crippen LogP) is -0.0307. The smallest absolute Gasteiger partial charge is 0.239 e. The fourth-order valence-electron chi connectivity index (χ4n) is 1.29. The van der Waals surface area contributed by atoms with Gasteiger partial charge in [-0.25, -0.2) is 10.8 Å². The van der Waals surface area contributed by atoms with Gasteiger partial charge in [0.2, 0.25) is 5.95 Å². The van der Waals surface area contributed by atoms with Gasteiger partial charge in [0.05, 0.1) is 5.60 Å². The lowest BCUT2D eigenvalue weighted by Gasteiger charge is -2.26. The molecule has 0 aromatic carbocycles. The molecule has 0 amide bonds. The summed E-state index contributed by atoms with van der Waals surface area (Å²) in [5.41, 5.74) is 1.61. The molecule has 0 spiro atoms. The van der Waals surface area contributed by atoms with E-state index in [1.807, 2.05) is 11.9 Å². The van der Waals surface area contributed by atoms with Crippen LogP contribution in [0.25, 0.3) is 0 Å². The molecule has 0 bridgehead atoms. The van der Waals surface area contributed by atoms with Gasteiger partial charge in [-0.2, -0.15) is 4.98 Å². The van der Waals surface area contributed by atoms with Crippen LogP contribution in [0.3, 0.4) is 0 Å². The van der Waals surface area contributed by atoms with E-state index in [-0.39, 0.29) is 0 Å². The van der Waals surface area contributed by atoms with Crippen LogP contribution in [0.2, 0.25) is 0 Å². The van der Waals surface area contributed by atoms with Crippen molar-refractivity contribution in [3.05, 3.63) is 12.3 Å². The lowest BCUT2D eigenvalue weighted by Crippen LogP contribution is -2.36. The lowest BCUT2D eigenvalue weighted by atomic mass is 10.1. The molecular formula is C9H17N5O. The number of nitrogens with one attached hydrogen (secondary N) is 1. The normalized spacial score (nSPS) is 11.3. The van der Waals surface area contributed by atoms with E-state index in [9.17, 15) is 5.11 Å². The molecule has 1 heterocycles. The zero-order valence-electron chi connectivity index (χ0n) is 9.23. The van der Waals surface area contributed by atoms with E-state index in [2.05, 4.69) is 15.4 Å². The third-order valence-electron chi connectivity index (χ3n) is 1.79. The molecule has 1 aromatic heterocycles. The average molecular weight is 211 g/mol. The highest BCUT2D eigenvalue weighted by molar-refractivity contribution is 5.41. The number of aromatic nitrogens is 2. The van der Waals surface area contributed by atoms with Crippen LogP contribution in [0, 0.1) is 0 Å². The van der Waals surface area contributed by atoms with Crippen LogP contribution in [-0.2, 0) is 0 Å². The molecule has 84 valence electrons. The Balaban J connectivity index is 2.77. The quantitative estimate of drug-likeness (QED) is 0.479. The molecule has 0 atom stereocenters. The van der Waals surface area contributed by atoms with Crippen LogP contribution in [0.15, 0.2) is 12.3 Å². The summed E-state index contributed by atoms with van der Waals surface area (Å²) in [7, 11) is 1.85. The van der Waals surface area contributed by atoms with Crippen LogP contribution >= 0.6 is 0 Å². The van der Waals surface area contributed by atoms with Crippen molar-refractivity contribution >= 4 is 11.8 Å². The molecule has 6 nitrogen and oxygen atoms in total. The SMILES string of the molecule is CN(CC(C)(C)O)c1ccnc(NN)n1. The Morgan fingerprint density at radius 3 is 2.80 bits per heavy atom. The van der Waals surface area contributed by atoms with Gasteiger partial charge in [0.1, 0.15) is 5.82 Å². The third-order valence-corrected chi connectivity index (χ3v) is 1.79. The van der Waals surface area contributed by atoms with Crippen molar-refractivity contribution in [2.45, 2.75) is 19.4 Å². The van der Waals surface area contributed by atoms with Gasteiger partial charge in [0, 0.05) is 19.8 Å². The van der Waals surface area contributed by atoms with Crippen LogP contribution < -0.4 is 16.2 Å². The highest BCUT2D eigenvalue weighted by Gasteiger charge is 2.16. The van der Waals surface area contributed by atoms with Crippen molar-refractivity contribution in [3.8, 4) is 0 Å². The standard InChI is InChI=1S/C9H17N5O/c1-9(2,15)6-14(3)7-4-5-11-8(12-7)13-10/h4-5,15H,6,10H2,1-3H3,(H,11,12,13). The molecule has 4 N–H and O–H groups in total. The molecule has 0 aliphatic heterocycles. The second-order valence-corrected chi connectivity index (χ2v) is 4.05. The summed E-state index contributed by atoms with van der Waals surface area (Å²) in [6.45, 7) is 3.97. The Bertz CT molecular complexity index is 323. The van der Waals surface area contributed by atoms with Crippen LogP contribution in [0.1, 0.15) is 13.8 Å². The lowest BCUT2D eigenvalue weighted by molar-refractivity contribution is 0.0884. The maximum absolute atomic E-state index is 9.65. The first kappa shape index (κ1) is 11.7. The highest BCUT2D eigenvalue weighted by atomic mass is 16.3. The number of nitrogens with zero attached hydrogens (tertiary/aromatic N) is 3. The first-order valence-electron chi connectivity index (χ1n) is 4.65. The van der Waals surface area contributed by atoms with Gasteiger partial charge in [-0.1, -0.05) is 0 Å². The largest absolute Gasteiger partial charge is 0.389 e. The third kappa shape index (κ3) is 3.69. The second-order valence-electron chi connectivity index (χ2n) is 4.05. The van der Waals surface area contributed by atoms with Crippen LogP contribution in [0.4, 0.5) is 11.8 Å². The summed E-state index contributed by atoms with van der Waals surface area (Å²) in [4.78, 5) is 9.88. The first-order chi connectivity index (χ1) is 6.92. The highest BCUT2D eigenvalue weighted by Crippen LogP contribution is 2.13. The molecule has 0 saturated carbocycles. The number of hydrogen-bond donors (Lipinski definition) is 3. The number of nitrogens with two attached hydrogens (primary N) is 1. The summed E-state index contributed by atoms with van der Waals surface area (Å²) in [6.07, 6.45) is 1.61. The van der Waals surface area contributed by atoms with Gasteiger partial charge in [-0.05, 0) is 19.9 Å². The molecular weight excluding hydrogens is 194 g/mol. The van der Waals surface area contributed by atoms with E-state index >= 15 is 0 Å². The predicted molar refractivity (Wildman–Crippen MR) is 59.4 cm³/mol. The van der Waals surface area contributed by atoms with E-state index < -0.39 is 5.60 Å². The summed E-state index contributed by atoms with van der Waals surface area (Å²) >= 11 is 0. The molecule has 0 aliphatic rings. The van der Waals surface area contributed by atoms with E-state index in [0.29, 0.717) is 18.3 Å². The minimum absolute atomic E-state index is 0.357. The molecule has 1 aromatic rings. The van der Waals surface area contributed by atoms with Crippen molar-refractivity contribution in [1.82, 2.24) is 9.97 Å². The van der Waals surface area contributed by atoms with Crippen molar-refractivity contribution < 1.29 is 5.11 Å². The molecule has 0 unspecified atom stereocenters. The van der Waals surface area contributed by atoms with Gasteiger partial charge >= 0.3 is 0 Å². The van der Waals surface area contributed by atoms with E-state index in [1.54, 1.807) is 26.1 Å². The number of likely N-dealkylation sites (N-methyl/N-ethyl adjacent to an activating group) is 1. The molecule has 0 aliphatic carbocycles. The summed E-state index contributed by atoms with van der Waals surface area (Å²) < 4.78 is 0. The Kier molecular flexibility index (Phi) is 3.43. The van der Waals surface area contributed by atoms with E-state index in [1.165, 1.54) is 0 Å². The zero-order valence-corrected chi connectivity index (χ0v) is 9.23. The van der Waals surface area contributed by atoms with Crippen molar-refractivity contribution in [2.75, 3.05) is 23.9 Å². The Hall–Kier alpha value is -1.40. The molecule has 1 rings (SSSR count). The minimum atomic E-state index is -0.768. The number of anilines is 2. The number of nitrogen functional groups attached to an aromatic ring is 1. The first-order valence-corrected chi connectivity index (χ1v) is 4.65. The molecule has 0 saturated heterocycles. The maximum atomic E-state index is 9.65. The zero-order chi connectivity index (χ0) is 11.5. The van der Waals surface area contributed by atoms with Gasteiger partial charge in [-0.15, -0.1) is 0 Å². The number of aliphatic hydroxyl groups is 1. The molecule has 0 fully saturated rings. The Labute approximate surface area is 89.1 Å². The van der Waals surface area contributed by atoms with Gasteiger partial charge < -0.3 is 10.0 Å². The number of hydrazine groups is 1. The van der Waals surface area contributed by atoms with Gasteiger partial charge in [0.25, 0.3) is 0 Å². The van der Waals surface area contributed by atoms with E-state index in [0.717, 1.165) is 0 Å². The second kappa shape index (κ2) is 4.41. The summed E-state index contributed by atoms with van der Waals surface area (Å²) in [6, 6.07) is 1.76. The molecule has 0 radical (unpaired) electrons. The topological polar surface area (TPSA) is 87.3 Å².